The molecule has 38 heavy (non-hydrogen) atoms. The van der Waals surface area contributed by atoms with Gasteiger partial charge in [-0.2, -0.15) is 0 Å². The fourth-order valence-corrected chi connectivity index (χ4v) is 4.72. The van der Waals surface area contributed by atoms with Crippen LogP contribution in [0.15, 0.2) is 42.0 Å². The van der Waals surface area contributed by atoms with Crippen molar-refractivity contribution in [2.45, 2.75) is 40.7 Å². The fraction of sp³-hybridized carbons (Fsp3) is 0.467. The van der Waals surface area contributed by atoms with Crippen LogP contribution in [0.5, 0.6) is 17.2 Å². The molecule has 2 aromatic rings. The molecule has 1 aliphatic heterocycles. The number of likely N-dealkylation sites (N-methyl/N-ethyl adjacent to an activating group) is 1. The van der Waals surface area contributed by atoms with Crippen LogP contribution in [-0.2, 0) is 9.59 Å². The van der Waals surface area contributed by atoms with E-state index in [0.717, 1.165) is 18.7 Å². The molecule has 8 heteroatoms. The van der Waals surface area contributed by atoms with E-state index in [-0.39, 0.29) is 5.57 Å². The molecule has 0 spiro atoms. The number of likely N-dealkylation sites (tertiary alicyclic amines) is 1. The van der Waals surface area contributed by atoms with Crippen LogP contribution in [0.4, 0.5) is 0 Å². The maximum Gasteiger partial charge on any atom is 0.295 e. The molecule has 0 aliphatic carbocycles. The van der Waals surface area contributed by atoms with Gasteiger partial charge in [0.25, 0.3) is 5.91 Å². The summed E-state index contributed by atoms with van der Waals surface area (Å²) in [6.45, 7) is 13.5. The zero-order chi connectivity index (χ0) is 28.0. The van der Waals surface area contributed by atoms with E-state index in [0.29, 0.717) is 54.0 Å². The van der Waals surface area contributed by atoms with Gasteiger partial charge in [-0.3, -0.25) is 9.59 Å². The van der Waals surface area contributed by atoms with Crippen LogP contribution in [0.1, 0.15) is 50.4 Å². The van der Waals surface area contributed by atoms with Gasteiger partial charge in [0, 0.05) is 5.57 Å². The van der Waals surface area contributed by atoms with Crippen LogP contribution in [0.3, 0.4) is 0 Å². The highest BCUT2D eigenvalue weighted by Crippen LogP contribution is 2.41. The lowest BCUT2D eigenvalue weighted by atomic mass is 9.94. The van der Waals surface area contributed by atoms with E-state index in [1.54, 1.807) is 36.4 Å². The summed E-state index contributed by atoms with van der Waals surface area (Å²) in [5.74, 6) is 0.149. The number of benzene rings is 2. The Morgan fingerprint density at radius 1 is 1.00 bits per heavy atom. The van der Waals surface area contributed by atoms with Crippen LogP contribution in [0, 0.1) is 12.8 Å². The third kappa shape index (κ3) is 6.13. The number of carbonyl (C=O) groups is 2. The van der Waals surface area contributed by atoms with Gasteiger partial charge < -0.3 is 29.1 Å². The van der Waals surface area contributed by atoms with Crippen LogP contribution >= 0.6 is 0 Å². The van der Waals surface area contributed by atoms with Crippen LogP contribution in [0.2, 0.25) is 0 Å². The first-order valence-corrected chi connectivity index (χ1v) is 13.2. The summed E-state index contributed by atoms with van der Waals surface area (Å²) in [6.07, 6.45) is 0. The third-order valence-electron chi connectivity index (χ3n) is 6.97. The van der Waals surface area contributed by atoms with Gasteiger partial charge in [-0.25, -0.2) is 0 Å². The van der Waals surface area contributed by atoms with Crippen molar-refractivity contribution in [1.82, 2.24) is 4.90 Å². The Kier molecular flexibility index (Phi) is 9.80. The Morgan fingerprint density at radius 2 is 1.66 bits per heavy atom. The van der Waals surface area contributed by atoms with Crippen molar-refractivity contribution in [3.63, 3.8) is 0 Å². The Bertz CT molecular complexity index is 1190. The molecule has 1 fully saturated rings. The maximum absolute atomic E-state index is 13.9. The second-order valence-corrected chi connectivity index (χ2v) is 9.98. The highest BCUT2D eigenvalue weighted by Gasteiger charge is 2.44. The molecule has 0 bridgehead atoms. The van der Waals surface area contributed by atoms with Gasteiger partial charge in [-0.15, -0.1) is 0 Å². The van der Waals surface area contributed by atoms with Crippen molar-refractivity contribution in [3.8, 4) is 17.2 Å². The van der Waals surface area contributed by atoms with E-state index in [1.807, 2.05) is 6.92 Å². The van der Waals surface area contributed by atoms with E-state index in [4.69, 9.17) is 14.2 Å². The lowest BCUT2D eigenvalue weighted by Crippen LogP contribution is -3.12. The van der Waals surface area contributed by atoms with Gasteiger partial charge in [0.2, 0.25) is 5.78 Å². The molecule has 1 aliphatic rings. The van der Waals surface area contributed by atoms with Gasteiger partial charge in [0.1, 0.15) is 5.75 Å². The highest BCUT2D eigenvalue weighted by molar-refractivity contribution is 6.46. The minimum Gasteiger partial charge on any atom is -0.872 e. The normalized spacial score (nSPS) is 17.0. The standard InChI is InChI=1S/C30H40N2O6/c1-8-31(9-2)14-15-32-27(21-10-13-24(36-6)25(17-21)37-7)26(29(34)30(32)35)28(33)22-11-12-23(20(5)16-22)38-18-19(3)4/h10-13,16-17,19,27,33H,8-9,14-15,18H2,1-7H3. The number of ether oxygens (including phenoxy) is 3. The van der Waals surface area contributed by atoms with Crippen LogP contribution in [0.25, 0.3) is 5.76 Å². The van der Waals surface area contributed by atoms with E-state index >= 15 is 0 Å². The molecular weight excluding hydrogens is 484 g/mol. The first-order chi connectivity index (χ1) is 18.2. The molecule has 3 rings (SSSR count). The second kappa shape index (κ2) is 12.8. The van der Waals surface area contributed by atoms with Gasteiger partial charge in [-0.05, 0) is 67.6 Å². The van der Waals surface area contributed by atoms with Crippen molar-refractivity contribution in [1.29, 1.82) is 0 Å². The first kappa shape index (κ1) is 29.0. The predicted molar refractivity (Wildman–Crippen MR) is 144 cm³/mol. The number of rotatable bonds is 12. The summed E-state index contributed by atoms with van der Waals surface area (Å²) in [4.78, 5) is 29.5. The summed E-state index contributed by atoms with van der Waals surface area (Å²) in [5, 5.41) is 13.9. The highest BCUT2D eigenvalue weighted by atomic mass is 16.5. The molecule has 0 saturated carbocycles. The number of hydrogen-bond acceptors (Lipinski definition) is 6. The molecule has 1 heterocycles. The number of Topliss-reactive ketones (excluding diaryl/α,β-unsaturated/α-hetero) is 1. The Morgan fingerprint density at radius 3 is 2.24 bits per heavy atom. The number of amides is 1. The number of carbonyl (C=O) groups excluding carboxylic acids is 2. The lowest BCUT2D eigenvalue weighted by molar-refractivity contribution is -0.895. The number of hydrogen-bond donors (Lipinski definition) is 1. The molecule has 1 amide bonds. The minimum atomic E-state index is -0.825. The molecule has 2 aromatic carbocycles. The van der Waals surface area contributed by atoms with Crippen molar-refractivity contribution >= 4 is 17.4 Å². The Balaban J connectivity index is 2.11. The summed E-state index contributed by atoms with van der Waals surface area (Å²) < 4.78 is 16.7. The summed E-state index contributed by atoms with van der Waals surface area (Å²) in [7, 11) is 3.06. The number of nitrogens with one attached hydrogen (secondary N) is 1. The summed E-state index contributed by atoms with van der Waals surface area (Å²) >= 11 is 0. The average Bonchev–Trinajstić information content (AvgIpc) is 3.16. The number of methoxy groups -OCH3 is 2. The SMILES string of the molecule is CC[NH+](CC)CCN1C(=O)C(=O)C(=C([O-])c2ccc(OCC(C)C)c(C)c2)C1c1ccc(OC)c(OC)c1. The van der Waals surface area contributed by atoms with Gasteiger partial charge >= 0.3 is 0 Å². The van der Waals surface area contributed by atoms with Gasteiger partial charge in [-0.1, -0.05) is 31.7 Å². The molecular formula is C30H40N2O6. The summed E-state index contributed by atoms with van der Waals surface area (Å²) in [6, 6.07) is 9.53. The van der Waals surface area contributed by atoms with Gasteiger partial charge in [0.15, 0.2) is 11.5 Å². The fourth-order valence-electron chi connectivity index (χ4n) is 4.72. The molecule has 0 radical (unpaired) electrons. The number of quaternary nitrogens is 1. The molecule has 1 saturated heterocycles. The molecule has 0 aromatic heterocycles. The van der Waals surface area contributed by atoms with Gasteiger partial charge in [0.05, 0.1) is 53.0 Å². The lowest BCUT2D eigenvalue weighted by Gasteiger charge is -2.29. The molecule has 206 valence electrons. The van der Waals surface area contributed by atoms with Crippen LogP contribution in [-0.4, -0.2) is 63.6 Å². The zero-order valence-corrected chi connectivity index (χ0v) is 23.6. The quantitative estimate of drug-likeness (QED) is 0.260. The zero-order valence-electron chi connectivity index (χ0n) is 23.6. The smallest absolute Gasteiger partial charge is 0.295 e. The van der Waals surface area contributed by atoms with Crippen molar-refractivity contribution in [2.75, 3.05) is 47.0 Å². The minimum absolute atomic E-state index is 0.0491. The van der Waals surface area contributed by atoms with Crippen molar-refractivity contribution < 1.29 is 33.8 Å². The molecule has 1 N–H and O–H groups in total. The monoisotopic (exact) mass is 524 g/mol. The predicted octanol–water partition coefficient (Wildman–Crippen LogP) is 2.20. The second-order valence-electron chi connectivity index (χ2n) is 9.98. The number of ketones is 1. The summed E-state index contributed by atoms with van der Waals surface area (Å²) in [5.41, 5.74) is 1.70. The number of nitrogens with zero attached hydrogens (tertiary/aromatic N) is 1. The average molecular weight is 525 g/mol. The Hall–Kier alpha value is -3.52. The topological polar surface area (TPSA) is 92.6 Å². The number of aryl methyl sites for hydroxylation is 1. The third-order valence-corrected chi connectivity index (χ3v) is 6.97. The Labute approximate surface area is 225 Å². The van der Waals surface area contributed by atoms with E-state index in [1.165, 1.54) is 24.0 Å². The van der Waals surface area contributed by atoms with Crippen molar-refractivity contribution in [3.05, 3.63) is 58.7 Å². The molecule has 1 atom stereocenters. The van der Waals surface area contributed by atoms with E-state index in [9.17, 15) is 14.7 Å². The molecule has 1 unspecified atom stereocenters. The molecule has 8 nitrogen and oxygen atoms in total. The van der Waals surface area contributed by atoms with Crippen molar-refractivity contribution in [2.24, 2.45) is 5.92 Å². The van der Waals surface area contributed by atoms with E-state index < -0.39 is 23.5 Å². The largest absolute Gasteiger partial charge is 0.872 e. The van der Waals surface area contributed by atoms with Crippen LogP contribution < -0.4 is 24.2 Å². The van der Waals surface area contributed by atoms with E-state index in [2.05, 4.69) is 27.7 Å². The maximum atomic E-state index is 13.9. The first-order valence-electron chi connectivity index (χ1n) is 13.2.